The number of carbonyl (C=O) groups excluding carboxylic acids is 2. The number of carbonyl (C=O) groups is 2. The van der Waals surface area contributed by atoms with Gasteiger partial charge in [0, 0.05) is 18.5 Å². The van der Waals surface area contributed by atoms with E-state index in [4.69, 9.17) is 5.73 Å². The van der Waals surface area contributed by atoms with E-state index < -0.39 is 5.82 Å². The summed E-state index contributed by atoms with van der Waals surface area (Å²) in [4.78, 5) is 30.8. The molecule has 1 heterocycles. The summed E-state index contributed by atoms with van der Waals surface area (Å²) in [5.41, 5.74) is 7.63. The van der Waals surface area contributed by atoms with Gasteiger partial charge in [0.05, 0.1) is 12.6 Å². The molecule has 0 saturated carbocycles. The summed E-state index contributed by atoms with van der Waals surface area (Å²) < 4.78 is 14.2. The summed E-state index contributed by atoms with van der Waals surface area (Å²) in [7, 11) is 0. The molecule has 30 heavy (non-hydrogen) atoms. The summed E-state index contributed by atoms with van der Waals surface area (Å²) in [6.07, 6.45) is 1.06. The summed E-state index contributed by atoms with van der Waals surface area (Å²) in [5.74, 6) is -0.534. The molecule has 1 aliphatic heterocycles. The van der Waals surface area contributed by atoms with E-state index in [-0.39, 0.29) is 42.3 Å². The third kappa shape index (κ3) is 5.65. The average molecular weight is 410 g/mol. The Balaban J connectivity index is 1.70. The first-order valence-corrected chi connectivity index (χ1v) is 10.1. The number of halogens is 1. The van der Waals surface area contributed by atoms with Crippen LogP contribution in [0.25, 0.3) is 0 Å². The normalized spacial score (nSPS) is 16.5. The Kier molecular flexibility index (Phi) is 6.82. The molecule has 7 heteroatoms. The number of hydrogen-bond acceptors (Lipinski definition) is 4. The van der Waals surface area contributed by atoms with Gasteiger partial charge in [0.1, 0.15) is 5.82 Å². The first-order chi connectivity index (χ1) is 14.3. The van der Waals surface area contributed by atoms with Crippen LogP contribution in [0.5, 0.6) is 0 Å². The lowest BCUT2D eigenvalue weighted by molar-refractivity contribution is -0.129. The smallest absolute Gasteiger partial charge is 0.251 e. The predicted molar refractivity (Wildman–Crippen MR) is 114 cm³/mol. The molecule has 2 aromatic rings. The quantitative estimate of drug-likeness (QED) is 0.735. The second-order valence-corrected chi connectivity index (χ2v) is 7.97. The summed E-state index contributed by atoms with van der Waals surface area (Å²) in [5, 5.41) is 2.78. The monoisotopic (exact) mass is 410 g/mol. The second kappa shape index (κ2) is 9.52. The van der Waals surface area contributed by atoms with Crippen molar-refractivity contribution in [1.29, 1.82) is 0 Å². The first-order valence-electron chi connectivity index (χ1n) is 10.1. The van der Waals surface area contributed by atoms with E-state index in [0.29, 0.717) is 18.0 Å². The average Bonchev–Trinajstić information content (AvgIpc) is 2.69. The van der Waals surface area contributed by atoms with Gasteiger partial charge in [-0.25, -0.2) is 9.38 Å². The van der Waals surface area contributed by atoms with Crippen LogP contribution < -0.4 is 11.1 Å². The molecule has 6 nitrogen and oxygen atoms in total. The van der Waals surface area contributed by atoms with Gasteiger partial charge in [-0.05, 0) is 41.7 Å². The zero-order valence-electron chi connectivity index (χ0n) is 17.3. The highest BCUT2D eigenvalue weighted by Crippen LogP contribution is 2.20. The lowest BCUT2D eigenvalue weighted by Gasteiger charge is -2.29. The molecule has 3 N–H and O–H groups in total. The van der Waals surface area contributed by atoms with E-state index in [1.54, 1.807) is 6.07 Å². The molecule has 1 unspecified atom stereocenters. The molecule has 1 aliphatic rings. The van der Waals surface area contributed by atoms with E-state index in [0.717, 1.165) is 12.0 Å². The fourth-order valence-electron chi connectivity index (χ4n) is 3.53. The molecule has 0 radical (unpaired) electrons. The highest BCUT2D eigenvalue weighted by atomic mass is 19.1. The Labute approximate surface area is 176 Å². The number of amides is 2. The predicted octanol–water partition coefficient (Wildman–Crippen LogP) is 3.22. The number of benzene rings is 2. The van der Waals surface area contributed by atoms with E-state index in [1.807, 2.05) is 30.3 Å². The first kappa shape index (κ1) is 21.5. The van der Waals surface area contributed by atoms with Gasteiger partial charge in [0.2, 0.25) is 5.91 Å². The van der Waals surface area contributed by atoms with Crippen LogP contribution in [0.1, 0.15) is 48.2 Å². The molecular formula is C23H27FN4O2. The van der Waals surface area contributed by atoms with Gasteiger partial charge >= 0.3 is 0 Å². The van der Waals surface area contributed by atoms with Crippen molar-refractivity contribution >= 4 is 17.8 Å². The van der Waals surface area contributed by atoms with E-state index in [2.05, 4.69) is 24.2 Å². The minimum absolute atomic E-state index is 0.0687. The van der Waals surface area contributed by atoms with Crippen molar-refractivity contribution in [3.8, 4) is 0 Å². The molecule has 0 bridgehead atoms. The molecule has 2 aromatic carbocycles. The van der Waals surface area contributed by atoms with Crippen molar-refractivity contribution in [3.05, 3.63) is 71.0 Å². The van der Waals surface area contributed by atoms with Crippen LogP contribution in [-0.2, 0) is 17.9 Å². The van der Waals surface area contributed by atoms with Crippen molar-refractivity contribution in [2.45, 2.75) is 45.8 Å². The Morgan fingerprint density at radius 1 is 1.23 bits per heavy atom. The van der Waals surface area contributed by atoms with Crippen molar-refractivity contribution in [2.75, 3.05) is 0 Å². The fraction of sp³-hybridized carbons (Fsp3) is 0.348. The number of rotatable bonds is 7. The molecule has 1 atom stereocenters. The third-order valence-electron chi connectivity index (χ3n) is 4.90. The van der Waals surface area contributed by atoms with E-state index in [1.165, 1.54) is 17.0 Å². The lowest BCUT2D eigenvalue weighted by Crippen LogP contribution is -2.46. The molecule has 3 rings (SSSR count). The maximum absolute atomic E-state index is 14.2. The highest BCUT2D eigenvalue weighted by molar-refractivity contribution is 5.98. The highest BCUT2D eigenvalue weighted by Gasteiger charge is 2.28. The largest absolute Gasteiger partial charge is 0.369 e. The summed E-state index contributed by atoms with van der Waals surface area (Å²) in [6, 6.07) is 13.4. The molecule has 0 aromatic heterocycles. The van der Waals surface area contributed by atoms with Gasteiger partial charge in [-0.2, -0.15) is 0 Å². The molecular weight excluding hydrogens is 383 g/mol. The van der Waals surface area contributed by atoms with Crippen molar-refractivity contribution in [1.82, 2.24) is 10.2 Å². The SMILES string of the molecule is CC(C)CC1CC(=O)N(Cc2cc(F)cc(C(=O)NCc3ccccc3)c2)C(N)=N1. The summed E-state index contributed by atoms with van der Waals surface area (Å²) in [6.45, 7) is 4.55. The number of nitrogens with zero attached hydrogens (tertiary/aromatic N) is 2. The van der Waals surface area contributed by atoms with Gasteiger partial charge < -0.3 is 11.1 Å². The lowest BCUT2D eigenvalue weighted by atomic mass is 10.00. The zero-order chi connectivity index (χ0) is 21.7. The van der Waals surface area contributed by atoms with Crippen LogP contribution in [0.2, 0.25) is 0 Å². The van der Waals surface area contributed by atoms with Crippen molar-refractivity contribution < 1.29 is 14.0 Å². The second-order valence-electron chi connectivity index (χ2n) is 7.97. The number of aliphatic imine (C=N–C) groups is 1. The Bertz CT molecular complexity index is 943. The summed E-state index contributed by atoms with van der Waals surface area (Å²) >= 11 is 0. The Hall–Kier alpha value is -3.22. The van der Waals surface area contributed by atoms with Gasteiger partial charge in [-0.1, -0.05) is 44.2 Å². The standard InChI is InChI=1S/C23H27FN4O2/c1-15(2)8-20-12-21(29)28(23(25)27-20)14-17-9-18(11-19(24)10-17)22(30)26-13-16-6-4-3-5-7-16/h3-7,9-11,15,20H,8,12-14H2,1-2H3,(H2,25,27)(H,26,30). The number of guanidine groups is 1. The number of nitrogens with one attached hydrogen (secondary N) is 1. The number of hydrogen-bond donors (Lipinski definition) is 2. The fourth-order valence-corrected chi connectivity index (χ4v) is 3.53. The Morgan fingerprint density at radius 2 is 1.97 bits per heavy atom. The molecule has 0 spiro atoms. The zero-order valence-corrected chi connectivity index (χ0v) is 17.3. The maximum atomic E-state index is 14.2. The molecule has 0 aliphatic carbocycles. The van der Waals surface area contributed by atoms with Gasteiger partial charge in [0.25, 0.3) is 5.91 Å². The van der Waals surface area contributed by atoms with E-state index >= 15 is 0 Å². The molecule has 0 fully saturated rings. The van der Waals surface area contributed by atoms with Crippen LogP contribution in [0, 0.1) is 11.7 Å². The van der Waals surface area contributed by atoms with Crippen LogP contribution in [0.3, 0.4) is 0 Å². The number of nitrogens with two attached hydrogens (primary N) is 1. The molecule has 0 saturated heterocycles. The van der Waals surface area contributed by atoms with Gasteiger partial charge in [0.15, 0.2) is 5.96 Å². The van der Waals surface area contributed by atoms with Crippen LogP contribution >= 0.6 is 0 Å². The van der Waals surface area contributed by atoms with Crippen molar-refractivity contribution in [2.24, 2.45) is 16.6 Å². The molecule has 158 valence electrons. The van der Waals surface area contributed by atoms with Crippen LogP contribution in [0.4, 0.5) is 4.39 Å². The Morgan fingerprint density at radius 3 is 2.63 bits per heavy atom. The minimum Gasteiger partial charge on any atom is -0.369 e. The topological polar surface area (TPSA) is 87.8 Å². The van der Waals surface area contributed by atoms with Crippen LogP contribution in [-0.4, -0.2) is 28.7 Å². The third-order valence-corrected chi connectivity index (χ3v) is 4.90. The minimum atomic E-state index is -0.546. The van der Waals surface area contributed by atoms with Crippen LogP contribution in [0.15, 0.2) is 53.5 Å². The molecule has 2 amide bonds. The van der Waals surface area contributed by atoms with Gasteiger partial charge in [-0.15, -0.1) is 0 Å². The van der Waals surface area contributed by atoms with Gasteiger partial charge in [-0.3, -0.25) is 14.5 Å². The van der Waals surface area contributed by atoms with Crippen molar-refractivity contribution in [3.63, 3.8) is 0 Å². The maximum Gasteiger partial charge on any atom is 0.251 e. The van der Waals surface area contributed by atoms with E-state index in [9.17, 15) is 14.0 Å².